The standard InChI is InChI=1S/C13H21NO/c1-11(14-9-10-15)13(2,3)12-7-5-4-6-8-12/h4-8,11,14-15H,9-10H2,1-3H3. The third kappa shape index (κ3) is 3.05. The predicted molar refractivity (Wildman–Crippen MR) is 64.0 cm³/mol. The van der Waals surface area contributed by atoms with E-state index in [2.05, 4.69) is 50.4 Å². The highest BCUT2D eigenvalue weighted by atomic mass is 16.3. The SMILES string of the molecule is CC(NCCO)C(C)(C)c1ccccc1. The van der Waals surface area contributed by atoms with E-state index in [0.29, 0.717) is 12.6 Å². The van der Waals surface area contributed by atoms with Crippen LogP contribution in [0.5, 0.6) is 0 Å². The molecule has 1 rings (SSSR count). The Hall–Kier alpha value is -0.860. The van der Waals surface area contributed by atoms with E-state index < -0.39 is 0 Å². The number of nitrogens with one attached hydrogen (secondary N) is 1. The van der Waals surface area contributed by atoms with Gasteiger partial charge in [-0.1, -0.05) is 44.2 Å². The first-order chi connectivity index (χ1) is 7.09. The second kappa shape index (κ2) is 5.29. The number of hydrogen-bond donors (Lipinski definition) is 2. The summed E-state index contributed by atoms with van der Waals surface area (Å²) in [7, 11) is 0. The molecular formula is C13H21NO. The molecule has 0 spiro atoms. The lowest BCUT2D eigenvalue weighted by atomic mass is 9.78. The number of benzene rings is 1. The fraction of sp³-hybridized carbons (Fsp3) is 0.538. The monoisotopic (exact) mass is 207 g/mol. The van der Waals surface area contributed by atoms with Gasteiger partial charge in [-0.25, -0.2) is 0 Å². The van der Waals surface area contributed by atoms with Crippen LogP contribution < -0.4 is 5.32 Å². The Balaban J connectivity index is 2.73. The van der Waals surface area contributed by atoms with Crippen molar-refractivity contribution in [3.05, 3.63) is 35.9 Å². The van der Waals surface area contributed by atoms with Crippen molar-refractivity contribution in [3.63, 3.8) is 0 Å². The van der Waals surface area contributed by atoms with Crippen LogP contribution in [0, 0.1) is 0 Å². The highest BCUT2D eigenvalue weighted by Gasteiger charge is 2.26. The molecule has 0 fully saturated rings. The Morgan fingerprint density at radius 2 is 1.87 bits per heavy atom. The van der Waals surface area contributed by atoms with Crippen LogP contribution >= 0.6 is 0 Å². The molecule has 0 aliphatic rings. The van der Waals surface area contributed by atoms with Crippen molar-refractivity contribution in [1.82, 2.24) is 5.32 Å². The van der Waals surface area contributed by atoms with E-state index in [0.717, 1.165) is 0 Å². The highest BCUT2D eigenvalue weighted by Crippen LogP contribution is 2.26. The van der Waals surface area contributed by atoms with Crippen LogP contribution in [-0.4, -0.2) is 24.3 Å². The Bertz CT molecular complexity index is 282. The second-order valence-corrected chi connectivity index (χ2v) is 4.49. The molecule has 0 aliphatic heterocycles. The van der Waals surface area contributed by atoms with Crippen LogP contribution in [0.1, 0.15) is 26.3 Å². The fourth-order valence-electron chi connectivity index (χ4n) is 1.65. The Labute approximate surface area is 92.3 Å². The van der Waals surface area contributed by atoms with Crippen LogP contribution in [0.2, 0.25) is 0 Å². The Morgan fingerprint density at radius 1 is 1.27 bits per heavy atom. The van der Waals surface area contributed by atoms with Crippen molar-refractivity contribution in [1.29, 1.82) is 0 Å². The van der Waals surface area contributed by atoms with Gasteiger partial charge in [-0.2, -0.15) is 0 Å². The van der Waals surface area contributed by atoms with Gasteiger partial charge in [-0.3, -0.25) is 0 Å². The summed E-state index contributed by atoms with van der Waals surface area (Å²) < 4.78 is 0. The molecule has 1 atom stereocenters. The zero-order chi connectivity index (χ0) is 11.3. The summed E-state index contributed by atoms with van der Waals surface area (Å²) in [5.74, 6) is 0. The van der Waals surface area contributed by atoms with Crippen molar-refractivity contribution in [2.24, 2.45) is 0 Å². The van der Waals surface area contributed by atoms with Gasteiger partial charge in [0, 0.05) is 18.0 Å². The Kier molecular flexibility index (Phi) is 4.30. The summed E-state index contributed by atoms with van der Waals surface area (Å²) in [6, 6.07) is 10.8. The van der Waals surface area contributed by atoms with E-state index in [1.54, 1.807) is 0 Å². The van der Waals surface area contributed by atoms with E-state index in [9.17, 15) is 0 Å². The minimum Gasteiger partial charge on any atom is -0.395 e. The molecule has 15 heavy (non-hydrogen) atoms. The third-order valence-corrected chi connectivity index (χ3v) is 3.16. The van der Waals surface area contributed by atoms with Crippen molar-refractivity contribution in [3.8, 4) is 0 Å². The van der Waals surface area contributed by atoms with Crippen LogP contribution in [0.3, 0.4) is 0 Å². The first-order valence-corrected chi connectivity index (χ1v) is 5.49. The van der Waals surface area contributed by atoms with Crippen LogP contribution in [0.4, 0.5) is 0 Å². The summed E-state index contributed by atoms with van der Waals surface area (Å²) in [4.78, 5) is 0. The molecule has 0 radical (unpaired) electrons. The summed E-state index contributed by atoms with van der Waals surface area (Å²) in [6.07, 6.45) is 0. The van der Waals surface area contributed by atoms with E-state index in [1.807, 2.05) is 6.07 Å². The molecule has 0 aromatic heterocycles. The summed E-state index contributed by atoms with van der Waals surface area (Å²) in [5.41, 5.74) is 1.40. The van der Waals surface area contributed by atoms with Crippen molar-refractivity contribution in [2.75, 3.05) is 13.2 Å². The molecule has 0 saturated carbocycles. The van der Waals surface area contributed by atoms with E-state index in [1.165, 1.54) is 5.56 Å². The number of rotatable bonds is 5. The predicted octanol–water partition coefficient (Wildman–Crippen LogP) is 1.93. The molecule has 84 valence electrons. The third-order valence-electron chi connectivity index (χ3n) is 3.16. The van der Waals surface area contributed by atoms with Gasteiger partial charge < -0.3 is 10.4 Å². The molecule has 1 aromatic rings. The maximum Gasteiger partial charge on any atom is 0.0556 e. The first kappa shape index (κ1) is 12.2. The maximum atomic E-state index is 8.79. The van der Waals surface area contributed by atoms with Crippen molar-refractivity contribution < 1.29 is 5.11 Å². The summed E-state index contributed by atoms with van der Waals surface area (Å²) in [5, 5.41) is 12.1. The molecule has 1 unspecified atom stereocenters. The molecular weight excluding hydrogens is 186 g/mol. The minimum absolute atomic E-state index is 0.0798. The van der Waals surface area contributed by atoms with Gasteiger partial charge in [-0.05, 0) is 12.5 Å². The number of aliphatic hydroxyl groups is 1. The fourth-order valence-corrected chi connectivity index (χ4v) is 1.65. The second-order valence-electron chi connectivity index (χ2n) is 4.49. The van der Waals surface area contributed by atoms with Gasteiger partial charge in [0.15, 0.2) is 0 Å². The molecule has 2 N–H and O–H groups in total. The lowest BCUT2D eigenvalue weighted by Crippen LogP contribution is -2.43. The largest absolute Gasteiger partial charge is 0.395 e. The van der Waals surface area contributed by atoms with Crippen LogP contribution in [-0.2, 0) is 5.41 Å². The van der Waals surface area contributed by atoms with E-state index in [-0.39, 0.29) is 12.0 Å². The van der Waals surface area contributed by atoms with E-state index in [4.69, 9.17) is 5.11 Å². The van der Waals surface area contributed by atoms with Gasteiger partial charge in [0.25, 0.3) is 0 Å². The van der Waals surface area contributed by atoms with Gasteiger partial charge >= 0.3 is 0 Å². The molecule has 2 heteroatoms. The normalized spacial score (nSPS) is 13.9. The molecule has 0 bridgehead atoms. The maximum absolute atomic E-state index is 8.79. The average Bonchev–Trinajstić information content (AvgIpc) is 2.27. The average molecular weight is 207 g/mol. The zero-order valence-electron chi connectivity index (χ0n) is 9.83. The van der Waals surface area contributed by atoms with Crippen molar-refractivity contribution >= 4 is 0 Å². The number of hydrogen-bond acceptors (Lipinski definition) is 2. The van der Waals surface area contributed by atoms with Crippen molar-refractivity contribution in [2.45, 2.75) is 32.2 Å². The van der Waals surface area contributed by atoms with E-state index >= 15 is 0 Å². The lowest BCUT2D eigenvalue weighted by Gasteiger charge is -2.33. The quantitative estimate of drug-likeness (QED) is 0.773. The smallest absolute Gasteiger partial charge is 0.0556 e. The molecule has 2 nitrogen and oxygen atoms in total. The minimum atomic E-state index is 0.0798. The van der Waals surface area contributed by atoms with Gasteiger partial charge in [0.05, 0.1) is 6.61 Å². The van der Waals surface area contributed by atoms with Gasteiger partial charge in [-0.15, -0.1) is 0 Å². The lowest BCUT2D eigenvalue weighted by molar-refractivity contribution is 0.268. The topological polar surface area (TPSA) is 32.3 Å². The van der Waals surface area contributed by atoms with Gasteiger partial charge in [0.2, 0.25) is 0 Å². The highest BCUT2D eigenvalue weighted by molar-refractivity contribution is 5.25. The summed E-state index contributed by atoms with van der Waals surface area (Å²) in [6.45, 7) is 7.43. The number of aliphatic hydroxyl groups excluding tert-OH is 1. The first-order valence-electron chi connectivity index (χ1n) is 5.49. The molecule has 0 aliphatic carbocycles. The molecule has 0 heterocycles. The Morgan fingerprint density at radius 3 is 2.40 bits per heavy atom. The van der Waals surface area contributed by atoms with Gasteiger partial charge in [0.1, 0.15) is 0 Å². The summed E-state index contributed by atoms with van der Waals surface area (Å²) >= 11 is 0. The zero-order valence-corrected chi connectivity index (χ0v) is 9.83. The molecule has 0 amide bonds. The van der Waals surface area contributed by atoms with Crippen LogP contribution in [0.25, 0.3) is 0 Å². The molecule has 1 aromatic carbocycles. The molecule has 0 saturated heterocycles. The van der Waals surface area contributed by atoms with Crippen LogP contribution in [0.15, 0.2) is 30.3 Å².